The van der Waals surface area contributed by atoms with Gasteiger partial charge in [0.25, 0.3) is 5.69 Å². The summed E-state index contributed by atoms with van der Waals surface area (Å²) < 4.78 is 2.06. The summed E-state index contributed by atoms with van der Waals surface area (Å²) in [6, 6.07) is 8.45. The molecule has 0 spiro atoms. The number of nitro groups is 1. The highest BCUT2D eigenvalue weighted by Gasteiger charge is 2.20. The predicted octanol–water partition coefficient (Wildman–Crippen LogP) is 2.67. The molecule has 1 aliphatic heterocycles. The van der Waals surface area contributed by atoms with Crippen LogP contribution in [-0.2, 0) is 20.0 Å². The molecule has 0 bridgehead atoms. The van der Waals surface area contributed by atoms with Crippen LogP contribution in [0.4, 0.5) is 11.5 Å². The lowest BCUT2D eigenvalue weighted by atomic mass is 10.2. The Hall–Kier alpha value is -3.33. The Kier molecular flexibility index (Phi) is 5.71. The largest absolute Gasteiger partial charge is 0.354 e. The van der Waals surface area contributed by atoms with Gasteiger partial charge in [0.15, 0.2) is 5.82 Å². The van der Waals surface area contributed by atoms with E-state index in [1.54, 1.807) is 12.1 Å². The Labute approximate surface area is 175 Å². The number of nitrogens with zero attached hydrogens (tertiary/aromatic N) is 7. The third-order valence-corrected chi connectivity index (χ3v) is 5.45. The fourth-order valence-electron chi connectivity index (χ4n) is 3.57. The highest BCUT2D eigenvalue weighted by molar-refractivity contribution is 5.60. The molecule has 9 nitrogen and oxygen atoms in total. The maximum absolute atomic E-state index is 10.9. The number of piperazine rings is 1. The Bertz CT molecular complexity index is 1020. The number of non-ortho nitro benzene ring substituents is 1. The zero-order valence-electron chi connectivity index (χ0n) is 17.2. The summed E-state index contributed by atoms with van der Waals surface area (Å²) in [5, 5.41) is 10.9. The van der Waals surface area contributed by atoms with Crippen molar-refractivity contribution in [3.05, 3.63) is 64.4 Å². The standard InChI is InChI=1S/C21H25N7O2/c1-3-17-14-19(24-21(23-17)16-4-6-18(7-5-16)28(29)30)27-12-10-26(11-13-27)15-20-22-8-9-25(20)2/h4-9,14H,3,10-13,15H2,1-2H3. The van der Waals surface area contributed by atoms with Crippen LogP contribution in [0.2, 0.25) is 0 Å². The molecule has 1 aromatic carbocycles. The molecule has 1 aliphatic rings. The predicted molar refractivity (Wildman–Crippen MR) is 114 cm³/mol. The summed E-state index contributed by atoms with van der Waals surface area (Å²) in [4.78, 5) is 29.0. The first-order valence-electron chi connectivity index (χ1n) is 10.1. The number of imidazole rings is 1. The Morgan fingerprint density at radius 2 is 1.83 bits per heavy atom. The van der Waals surface area contributed by atoms with E-state index in [1.807, 2.05) is 25.5 Å². The molecule has 30 heavy (non-hydrogen) atoms. The van der Waals surface area contributed by atoms with Crippen molar-refractivity contribution in [3.63, 3.8) is 0 Å². The second-order valence-electron chi connectivity index (χ2n) is 7.42. The average Bonchev–Trinajstić information content (AvgIpc) is 3.18. The minimum Gasteiger partial charge on any atom is -0.354 e. The van der Waals surface area contributed by atoms with Crippen LogP contribution in [0, 0.1) is 10.1 Å². The van der Waals surface area contributed by atoms with Crippen LogP contribution in [0.3, 0.4) is 0 Å². The molecule has 2 aromatic heterocycles. The average molecular weight is 407 g/mol. The van der Waals surface area contributed by atoms with Gasteiger partial charge in [0, 0.05) is 75.1 Å². The molecular weight excluding hydrogens is 382 g/mol. The molecule has 9 heteroatoms. The molecule has 1 fully saturated rings. The first kappa shape index (κ1) is 20.0. The van der Waals surface area contributed by atoms with E-state index in [0.717, 1.165) is 62.0 Å². The molecular formula is C21H25N7O2. The first-order chi connectivity index (χ1) is 14.5. The van der Waals surface area contributed by atoms with Crippen molar-refractivity contribution in [1.29, 1.82) is 0 Å². The van der Waals surface area contributed by atoms with E-state index in [-0.39, 0.29) is 5.69 Å². The molecule has 3 heterocycles. The molecule has 4 rings (SSSR count). The minimum absolute atomic E-state index is 0.0643. The molecule has 0 N–H and O–H groups in total. The number of benzene rings is 1. The fourth-order valence-corrected chi connectivity index (χ4v) is 3.57. The van der Waals surface area contributed by atoms with Gasteiger partial charge in [-0.25, -0.2) is 15.0 Å². The quantitative estimate of drug-likeness (QED) is 0.458. The second-order valence-corrected chi connectivity index (χ2v) is 7.42. The van der Waals surface area contributed by atoms with E-state index < -0.39 is 4.92 Å². The molecule has 0 radical (unpaired) electrons. The van der Waals surface area contributed by atoms with E-state index in [9.17, 15) is 10.1 Å². The van der Waals surface area contributed by atoms with Crippen LogP contribution >= 0.6 is 0 Å². The van der Waals surface area contributed by atoms with Crippen molar-refractivity contribution >= 4 is 11.5 Å². The maximum Gasteiger partial charge on any atom is 0.269 e. The zero-order valence-corrected chi connectivity index (χ0v) is 17.2. The molecule has 0 saturated carbocycles. The van der Waals surface area contributed by atoms with Gasteiger partial charge in [0.2, 0.25) is 0 Å². The zero-order chi connectivity index (χ0) is 21.1. The molecule has 0 amide bonds. The molecule has 3 aromatic rings. The number of aryl methyl sites for hydroxylation is 2. The van der Waals surface area contributed by atoms with Gasteiger partial charge in [-0.05, 0) is 18.6 Å². The van der Waals surface area contributed by atoms with Crippen molar-refractivity contribution in [2.24, 2.45) is 7.05 Å². The van der Waals surface area contributed by atoms with Gasteiger partial charge >= 0.3 is 0 Å². The maximum atomic E-state index is 10.9. The molecule has 156 valence electrons. The van der Waals surface area contributed by atoms with Gasteiger partial charge in [-0.2, -0.15) is 0 Å². The SMILES string of the molecule is CCc1cc(N2CCN(Cc3nccn3C)CC2)nc(-c2ccc([N+](=O)[O-])cc2)n1. The molecule has 0 unspecified atom stereocenters. The lowest BCUT2D eigenvalue weighted by molar-refractivity contribution is -0.384. The van der Waals surface area contributed by atoms with Gasteiger partial charge in [-0.1, -0.05) is 6.92 Å². The molecule has 1 saturated heterocycles. The van der Waals surface area contributed by atoms with Gasteiger partial charge in [-0.15, -0.1) is 0 Å². The second kappa shape index (κ2) is 8.58. The Morgan fingerprint density at radius 1 is 1.10 bits per heavy atom. The van der Waals surface area contributed by atoms with Crippen LogP contribution in [0.5, 0.6) is 0 Å². The van der Waals surface area contributed by atoms with Crippen molar-refractivity contribution < 1.29 is 4.92 Å². The van der Waals surface area contributed by atoms with Gasteiger partial charge < -0.3 is 9.47 Å². The highest BCUT2D eigenvalue weighted by Crippen LogP contribution is 2.24. The van der Waals surface area contributed by atoms with Crippen LogP contribution in [-0.4, -0.2) is 55.5 Å². The number of hydrogen-bond acceptors (Lipinski definition) is 7. The number of rotatable bonds is 6. The first-order valence-corrected chi connectivity index (χ1v) is 10.1. The fraction of sp³-hybridized carbons (Fsp3) is 0.381. The van der Waals surface area contributed by atoms with Crippen LogP contribution in [0.25, 0.3) is 11.4 Å². The van der Waals surface area contributed by atoms with E-state index in [1.165, 1.54) is 12.1 Å². The number of nitro benzene ring substituents is 1. The van der Waals surface area contributed by atoms with Gasteiger partial charge in [0.05, 0.1) is 11.5 Å². The highest BCUT2D eigenvalue weighted by atomic mass is 16.6. The number of hydrogen-bond donors (Lipinski definition) is 0. The van der Waals surface area contributed by atoms with Gasteiger partial charge in [0.1, 0.15) is 11.6 Å². The van der Waals surface area contributed by atoms with Crippen molar-refractivity contribution in [2.75, 3.05) is 31.1 Å². The summed E-state index contributed by atoms with van der Waals surface area (Å²) in [6.45, 7) is 6.54. The monoisotopic (exact) mass is 407 g/mol. The molecule has 0 aliphatic carbocycles. The summed E-state index contributed by atoms with van der Waals surface area (Å²) in [6.07, 6.45) is 4.60. The van der Waals surface area contributed by atoms with Crippen LogP contribution < -0.4 is 4.90 Å². The third-order valence-electron chi connectivity index (χ3n) is 5.45. The number of aromatic nitrogens is 4. The topological polar surface area (TPSA) is 93.2 Å². The van der Waals surface area contributed by atoms with E-state index in [2.05, 4.69) is 31.3 Å². The summed E-state index contributed by atoms with van der Waals surface area (Å²) >= 11 is 0. The van der Waals surface area contributed by atoms with Crippen molar-refractivity contribution in [2.45, 2.75) is 19.9 Å². The third kappa shape index (κ3) is 4.30. The Morgan fingerprint density at radius 3 is 2.43 bits per heavy atom. The van der Waals surface area contributed by atoms with Crippen molar-refractivity contribution in [1.82, 2.24) is 24.4 Å². The molecule has 0 atom stereocenters. The van der Waals surface area contributed by atoms with Crippen LogP contribution in [0.1, 0.15) is 18.4 Å². The summed E-state index contributed by atoms with van der Waals surface area (Å²) in [5.74, 6) is 2.58. The van der Waals surface area contributed by atoms with Gasteiger partial charge in [-0.3, -0.25) is 15.0 Å². The van der Waals surface area contributed by atoms with E-state index in [4.69, 9.17) is 4.98 Å². The summed E-state index contributed by atoms with van der Waals surface area (Å²) in [7, 11) is 2.02. The normalized spacial score (nSPS) is 14.8. The number of anilines is 1. The van der Waals surface area contributed by atoms with Crippen LogP contribution in [0.15, 0.2) is 42.7 Å². The minimum atomic E-state index is -0.400. The lowest BCUT2D eigenvalue weighted by Crippen LogP contribution is -2.46. The van der Waals surface area contributed by atoms with Crippen molar-refractivity contribution in [3.8, 4) is 11.4 Å². The van der Waals surface area contributed by atoms with E-state index in [0.29, 0.717) is 5.82 Å². The van der Waals surface area contributed by atoms with E-state index >= 15 is 0 Å². The smallest absolute Gasteiger partial charge is 0.269 e. The summed E-state index contributed by atoms with van der Waals surface area (Å²) in [5.41, 5.74) is 1.81. The Balaban J connectivity index is 1.49. The lowest BCUT2D eigenvalue weighted by Gasteiger charge is -2.35.